The minimum Gasteiger partial charge on any atom is -0.281 e. The van der Waals surface area contributed by atoms with E-state index in [4.69, 9.17) is 0 Å². The van der Waals surface area contributed by atoms with Crippen molar-refractivity contribution in [2.75, 3.05) is 13.3 Å². The van der Waals surface area contributed by atoms with E-state index in [0.29, 0.717) is 0 Å². The van der Waals surface area contributed by atoms with Crippen molar-refractivity contribution >= 4 is 32.7 Å². The Bertz CT molecular complexity index is 334. The molecule has 1 rings (SSSR count). The molecule has 1 aromatic carbocycles. The predicted molar refractivity (Wildman–Crippen MR) is 64.9 cm³/mol. The molecule has 0 fully saturated rings. The minimum atomic E-state index is 1.08. The van der Waals surface area contributed by atoms with Gasteiger partial charge in [0, 0.05) is 17.1 Å². The lowest BCUT2D eigenvalue weighted by atomic mass is 10.1. The summed E-state index contributed by atoms with van der Waals surface area (Å²) in [5.74, 6) is 0. The molecule has 0 N–H and O–H groups in total. The molecule has 1 nitrogen and oxygen atoms in total. The number of nitrogens with zero attached hydrogens (tertiary/aromatic N) is 1. The van der Waals surface area contributed by atoms with Gasteiger partial charge in [0.05, 0.1) is 5.04 Å². The van der Waals surface area contributed by atoms with Gasteiger partial charge in [-0.3, -0.25) is 4.99 Å². The zero-order valence-corrected chi connectivity index (χ0v) is 10.4. The first kappa shape index (κ1) is 10.8. The quantitative estimate of drug-likeness (QED) is 0.554. The lowest BCUT2D eigenvalue weighted by molar-refractivity contribution is 1.40. The smallest absolute Gasteiger partial charge is 0.0973 e. The molecule has 0 unspecified atom stereocenters. The standard InChI is InChI=1S/C10H12BrNS/c1-7-4-5-8(11)6-9(7)10(12-2)13-3/h4-6H,1-3H3. The normalized spacial score (nSPS) is 11.8. The Morgan fingerprint density at radius 2 is 2.15 bits per heavy atom. The molecule has 0 bridgehead atoms. The van der Waals surface area contributed by atoms with Crippen molar-refractivity contribution in [1.82, 2.24) is 0 Å². The second-order valence-corrected chi connectivity index (χ2v) is 4.40. The Morgan fingerprint density at radius 3 is 2.69 bits per heavy atom. The summed E-state index contributed by atoms with van der Waals surface area (Å²) in [7, 11) is 1.83. The van der Waals surface area contributed by atoms with Crippen LogP contribution in [-0.2, 0) is 0 Å². The zero-order chi connectivity index (χ0) is 9.84. The summed E-state index contributed by atoms with van der Waals surface area (Å²) in [6.45, 7) is 2.10. The number of hydrogen-bond donors (Lipinski definition) is 0. The fraction of sp³-hybridized carbons (Fsp3) is 0.300. The largest absolute Gasteiger partial charge is 0.281 e. The lowest BCUT2D eigenvalue weighted by Crippen LogP contribution is -1.97. The van der Waals surface area contributed by atoms with Crippen LogP contribution < -0.4 is 0 Å². The van der Waals surface area contributed by atoms with Crippen LogP contribution in [0.5, 0.6) is 0 Å². The van der Waals surface area contributed by atoms with Crippen LogP contribution in [-0.4, -0.2) is 18.3 Å². The highest BCUT2D eigenvalue weighted by atomic mass is 79.9. The maximum atomic E-state index is 4.24. The van der Waals surface area contributed by atoms with Crippen molar-refractivity contribution in [3.05, 3.63) is 33.8 Å². The van der Waals surface area contributed by atoms with E-state index in [2.05, 4.69) is 40.0 Å². The van der Waals surface area contributed by atoms with Crippen LogP contribution >= 0.6 is 27.7 Å². The van der Waals surface area contributed by atoms with Gasteiger partial charge in [0.25, 0.3) is 0 Å². The topological polar surface area (TPSA) is 12.4 Å². The van der Waals surface area contributed by atoms with E-state index in [1.54, 1.807) is 11.8 Å². The molecule has 0 aliphatic rings. The van der Waals surface area contributed by atoms with E-state index in [1.807, 2.05) is 19.4 Å². The van der Waals surface area contributed by atoms with Gasteiger partial charge in [-0.2, -0.15) is 0 Å². The third-order valence-electron chi connectivity index (χ3n) is 1.83. The summed E-state index contributed by atoms with van der Waals surface area (Å²) >= 11 is 5.13. The molecule has 0 aromatic heterocycles. The average molecular weight is 258 g/mol. The Morgan fingerprint density at radius 1 is 1.46 bits per heavy atom. The van der Waals surface area contributed by atoms with E-state index >= 15 is 0 Å². The fourth-order valence-corrected chi connectivity index (χ4v) is 2.13. The first-order valence-electron chi connectivity index (χ1n) is 3.96. The molecule has 0 spiro atoms. The number of halogens is 1. The maximum Gasteiger partial charge on any atom is 0.0973 e. The van der Waals surface area contributed by atoms with Crippen LogP contribution in [0.15, 0.2) is 27.7 Å². The first-order valence-corrected chi connectivity index (χ1v) is 5.98. The average Bonchev–Trinajstić information content (AvgIpc) is 2.13. The van der Waals surface area contributed by atoms with Gasteiger partial charge in [0.2, 0.25) is 0 Å². The lowest BCUT2D eigenvalue weighted by Gasteiger charge is -2.06. The molecule has 3 heteroatoms. The van der Waals surface area contributed by atoms with Crippen LogP contribution in [0.1, 0.15) is 11.1 Å². The van der Waals surface area contributed by atoms with Gasteiger partial charge in [0.1, 0.15) is 0 Å². The maximum absolute atomic E-state index is 4.24. The first-order chi connectivity index (χ1) is 6.19. The Labute approximate surface area is 91.8 Å². The molecule has 0 saturated heterocycles. The van der Waals surface area contributed by atoms with E-state index in [9.17, 15) is 0 Å². The van der Waals surface area contributed by atoms with Crippen molar-refractivity contribution in [2.24, 2.45) is 4.99 Å². The highest BCUT2D eigenvalue weighted by Gasteiger charge is 2.04. The van der Waals surface area contributed by atoms with Gasteiger partial charge >= 0.3 is 0 Å². The third kappa shape index (κ3) is 2.58. The van der Waals surface area contributed by atoms with E-state index in [0.717, 1.165) is 9.52 Å². The summed E-state index contributed by atoms with van der Waals surface area (Å²) in [6.07, 6.45) is 2.04. The molecule has 0 aliphatic carbocycles. The SMILES string of the molecule is CN=C(SC)c1cc(Br)ccc1C. The van der Waals surface area contributed by atoms with E-state index in [1.165, 1.54) is 11.1 Å². The van der Waals surface area contributed by atoms with Gasteiger partial charge < -0.3 is 0 Å². The number of aryl methyl sites for hydroxylation is 1. The molecule has 0 aliphatic heterocycles. The van der Waals surface area contributed by atoms with Crippen molar-refractivity contribution < 1.29 is 0 Å². The zero-order valence-electron chi connectivity index (χ0n) is 7.97. The van der Waals surface area contributed by atoms with Crippen LogP contribution in [0.4, 0.5) is 0 Å². The summed E-state index contributed by atoms with van der Waals surface area (Å²) in [6, 6.07) is 6.25. The van der Waals surface area contributed by atoms with Crippen molar-refractivity contribution in [3.63, 3.8) is 0 Å². The van der Waals surface area contributed by atoms with E-state index in [-0.39, 0.29) is 0 Å². The number of benzene rings is 1. The summed E-state index contributed by atoms with van der Waals surface area (Å²) in [4.78, 5) is 4.24. The van der Waals surface area contributed by atoms with Crippen molar-refractivity contribution in [2.45, 2.75) is 6.92 Å². The third-order valence-corrected chi connectivity index (χ3v) is 3.11. The van der Waals surface area contributed by atoms with Gasteiger partial charge in [-0.1, -0.05) is 22.0 Å². The summed E-state index contributed by atoms with van der Waals surface area (Å²) in [5, 5.41) is 1.08. The molecule has 70 valence electrons. The monoisotopic (exact) mass is 257 g/mol. The van der Waals surface area contributed by atoms with Crippen molar-refractivity contribution in [3.8, 4) is 0 Å². The molecule has 13 heavy (non-hydrogen) atoms. The molecular weight excluding hydrogens is 246 g/mol. The molecule has 0 amide bonds. The predicted octanol–water partition coefficient (Wildman–Crippen LogP) is 3.50. The van der Waals surface area contributed by atoms with E-state index < -0.39 is 0 Å². The highest BCUT2D eigenvalue weighted by Crippen LogP contribution is 2.20. The highest BCUT2D eigenvalue weighted by molar-refractivity contribution is 9.10. The number of aliphatic imine (C=N–C) groups is 1. The summed E-state index contributed by atoms with van der Waals surface area (Å²) in [5.41, 5.74) is 2.47. The number of thioether (sulfide) groups is 1. The van der Waals surface area contributed by atoms with Gasteiger partial charge in [-0.15, -0.1) is 11.8 Å². The van der Waals surface area contributed by atoms with Gasteiger partial charge in [-0.25, -0.2) is 0 Å². The molecular formula is C10H12BrNS. The van der Waals surface area contributed by atoms with Crippen LogP contribution in [0.2, 0.25) is 0 Å². The molecule has 0 heterocycles. The fourth-order valence-electron chi connectivity index (χ4n) is 1.15. The summed E-state index contributed by atoms with van der Waals surface area (Å²) < 4.78 is 1.10. The molecule has 0 radical (unpaired) electrons. The second kappa shape index (κ2) is 4.82. The number of hydrogen-bond acceptors (Lipinski definition) is 2. The van der Waals surface area contributed by atoms with Crippen LogP contribution in [0, 0.1) is 6.92 Å². The Hall–Kier alpha value is -0.280. The molecule has 0 atom stereocenters. The Kier molecular flexibility index (Phi) is 4.00. The number of rotatable bonds is 1. The second-order valence-electron chi connectivity index (χ2n) is 2.69. The van der Waals surface area contributed by atoms with Crippen LogP contribution in [0.25, 0.3) is 0 Å². The van der Waals surface area contributed by atoms with Crippen LogP contribution in [0.3, 0.4) is 0 Å². The minimum absolute atomic E-state index is 1.08. The van der Waals surface area contributed by atoms with Gasteiger partial charge in [-0.05, 0) is 30.9 Å². The van der Waals surface area contributed by atoms with Gasteiger partial charge in [0.15, 0.2) is 0 Å². The molecule has 1 aromatic rings. The molecule has 0 saturated carbocycles. The van der Waals surface area contributed by atoms with Crippen molar-refractivity contribution in [1.29, 1.82) is 0 Å². The Balaban J connectivity index is 3.19.